The van der Waals surface area contributed by atoms with Crippen molar-refractivity contribution < 1.29 is 9.59 Å². The summed E-state index contributed by atoms with van der Waals surface area (Å²) < 4.78 is 0.532. The SMILES string of the molecule is Cc1ccc(C)c(N2C(=O)/C(=C\c3ccc(C=O)cc3)SC2=S)c1. The van der Waals surface area contributed by atoms with E-state index in [1.807, 2.05) is 44.2 Å². The van der Waals surface area contributed by atoms with Crippen molar-refractivity contribution in [2.45, 2.75) is 13.8 Å². The molecule has 1 fully saturated rings. The number of thioether (sulfide) groups is 1. The van der Waals surface area contributed by atoms with Crippen LogP contribution in [-0.2, 0) is 4.79 Å². The third-order valence-electron chi connectivity index (χ3n) is 3.77. The van der Waals surface area contributed by atoms with Gasteiger partial charge >= 0.3 is 0 Å². The van der Waals surface area contributed by atoms with Crippen molar-refractivity contribution in [1.29, 1.82) is 0 Å². The Morgan fingerprint density at radius 2 is 1.71 bits per heavy atom. The van der Waals surface area contributed by atoms with Gasteiger partial charge in [0.15, 0.2) is 4.32 Å². The molecule has 0 radical (unpaired) electrons. The van der Waals surface area contributed by atoms with E-state index in [9.17, 15) is 9.59 Å². The minimum atomic E-state index is -0.113. The Morgan fingerprint density at radius 1 is 1.04 bits per heavy atom. The molecule has 0 aliphatic carbocycles. The second-order valence-electron chi connectivity index (χ2n) is 5.59. The van der Waals surface area contributed by atoms with E-state index in [1.54, 1.807) is 23.1 Å². The van der Waals surface area contributed by atoms with Gasteiger partial charge in [0.05, 0.1) is 10.6 Å². The number of thiocarbonyl (C=S) groups is 1. The summed E-state index contributed by atoms with van der Waals surface area (Å²) in [6, 6.07) is 13.1. The third-order valence-corrected chi connectivity index (χ3v) is 5.07. The summed E-state index contributed by atoms with van der Waals surface area (Å²) in [5, 5.41) is 0. The maximum absolute atomic E-state index is 12.8. The molecule has 3 rings (SSSR count). The fraction of sp³-hybridized carbons (Fsp3) is 0.105. The highest BCUT2D eigenvalue weighted by Gasteiger charge is 2.34. The minimum Gasteiger partial charge on any atom is -0.298 e. The quantitative estimate of drug-likeness (QED) is 0.462. The van der Waals surface area contributed by atoms with Crippen molar-refractivity contribution >= 4 is 52.3 Å². The number of carbonyl (C=O) groups is 2. The van der Waals surface area contributed by atoms with Gasteiger partial charge in [-0.25, -0.2) is 0 Å². The van der Waals surface area contributed by atoms with Crippen LogP contribution in [0.25, 0.3) is 6.08 Å². The maximum Gasteiger partial charge on any atom is 0.270 e. The largest absolute Gasteiger partial charge is 0.298 e. The highest BCUT2D eigenvalue weighted by Crippen LogP contribution is 2.37. The summed E-state index contributed by atoms with van der Waals surface area (Å²) in [6.45, 7) is 3.96. The molecular formula is C19H15NO2S2. The molecule has 0 atom stereocenters. The summed E-state index contributed by atoms with van der Waals surface area (Å²) in [7, 11) is 0. The lowest BCUT2D eigenvalue weighted by Crippen LogP contribution is -2.28. The lowest BCUT2D eigenvalue weighted by Gasteiger charge is -2.17. The second-order valence-corrected chi connectivity index (χ2v) is 7.27. The van der Waals surface area contributed by atoms with Gasteiger partial charge in [-0.3, -0.25) is 14.5 Å². The van der Waals surface area contributed by atoms with E-state index in [4.69, 9.17) is 12.2 Å². The number of aryl methyl sites for hydroxylation is 2. The first-order valence-electron chi connectivity index (χ1n) is 7.40. The van der Waals surface area contributed by atoms with Crippen LogP contribution in [0.4, 0.5) is 5.69 Å². The van der Waals surface area contributed by atoms with Crippen LogP contribution in [0, 0.1) is 13.8 Å². The zero-order valence-corrected chi connectivity index (χ0v) is 14.9. The number of hydrogen-bond acceptors (Lipinski definition) is 4. The predicted molar refractivity (Wildman–Crippen MR) is 103 cm³/mol. The van der Waals surface area contributed by atoms with Crippen LogP contribution in [0.1, 0.15) is 27.0 Å². The molecule has 1 amide bonds. The van der Waals surface area contributed by atoms with E-state index in [1.165, 1.54) is 11.8 Å². The number of aldehydes is 1. The number of benzene rings is 2. The lowest BCUT2D eigenvalue weighted by molar-refractivity contribution is -0.113. The van der Waals surface area contributed by atoms with Crippen molar-refractivity contribution in [2.24, 2.45) is 0 Å². The third kappa shape index (κ3) is 3.18. The molecule has 2 aromatic rings. The molecule has 1 heterocycles. The molecule has 120 valence electrons. The predicted octanol–water partition coefficient (Wildman–Crippen LogP) is 4.52. The smallest absolute Gasteiger partial charge is 0.270 e. The number of rotatable bonds is 3. The minimum absolute atomic E-state index is 0.113. The monoisotopic (exact) mass is 353 g/mol. The van der Waals surface area contributed by atoms with E-state index < -0.39 is 0 Å². The van der Waals surface area contributed by atoms with Crippen molar-refractivity contribution in [3.05, 3.63) is 69.6 Å². The fourth-order valence-corrected chi connectivity index (χ4v) is 3.74. The van der Waals surface area contributed by atoms with Crippen LogP contribution >= 0.6 is 24.0 Å². The first-order valence-corrected chi connectivity index (χ1v) is 8.62. The van der Waals surface area contributed by atoms with E-state index in [0.29, 0.717) is 14.8 Å². The molecule has 24 heavy (non-hydrogen) atoms. The van der Waals surface area contributed by atoms with E-state index in [0.717, 1.165) is 28.7 Å². The number of anilines is 1. The summed E-state index contributed by atoms with van der Waals surface area (Å²) in [4.78, 5) is 25.7. The van der Waals surface area contributed by atoms with Gasteiger partial charge in [0.2, 0.25) is 0 Å². The first kappa shape index (κ1) is 16.6. The van der Waals surface area contributed by atoms with E-state index in [-0.39, 0.29) is 5.91 Å². The Labute approximate surface area is 150 Å². The topological polar surface area (TPSA) is 37.4 Å². The molecule has 0 unspecified atom stereocenters. The molecule has 0 saturated carbocycles. The summed E-state index contributed by atoms with van der Waals surface area (Å²) in [5.74, 6) is -0.113. The van der Waals surface area contributed by atoms with Crippen LogP contribution in [0.15, 0.2) is 47.4 Å². The van der Waals surface area contributed by atoms with E-state index in [2.05, 4.69) is 0 Å². The van der Waals surface area contributed by atoms with Gasteiger partial charge in [-0.1, -0.05) is 60.4 Å². The lowest BCUT2D eigenvalue weighted by atomic mass is 10.1. The molecular weight excluding hydrogens is 338 g/mol. The Hall–Kier alpha value is -2.24. The summed E-state index contributed by atoms with van der Waals surface area (Å²) >= 11 is 6.71. The van der Waals surface area contributed by atoms with Crippen molar-refractivity contribution in [2.75, 3.05) is 4.90 Å². The molecule has 2 aromatic carbocycles. The Kier molecular flexibility index (Phi) is 4.64. The van der Waals surface area contributed by atoms with Gasteiger partial charge in [0.25, 0.3) is 5.91 Å². The molecule has 0 spiro atoms. The van der Waals surface area contributed by atoms with Crippen LogP contribution in [0.2, 0.25) is 0 Å². The van der Waals surface area contributed by atoms with Crippen LogP contribution < -0.4 is 4.90 Å². The average Bonchev–Trinajstić information content (AvgIpc) is 2.84. The van der Waals surface area contributed by atoms with Gasteiger partial charge in [-0.05, 0) is 42.7 Å². The molecule has 5 heteroatoms. The zero-order chi connectivity index (χ0) is 17.3. The average molecular weight is 353 g/mol. The Balaban J connectivity index is 1.95. The number of carbonyl (C=O) groups excluding carboxylic acids is 2. The van der Waals surface area contributed by atoms with Gasteiger partial charge < -0.3 is 0 Å². The number of amides is 1. The Morgan fingerprint density at radius 3 is 2.38 bits per heavy atom. The number of nitrogens with zero attached hydrogens (tertiary/aromatic N) is 1. The second kappa shape index (κ2) is 6.71. The van der Waals surface area contributed by atoms with Crippen molar-refractivity contribution in [3.63, 3.8) is 0 Å². The van der Waals surface area contributed by atoms with Gasteiger partial charge in [-0.15, -0.1) is 0 Å². The summed E-state index contributed by atoms with van der Waals surface area (Å²) in [5.41, 5.74) is 4.39. The Bertz CT molecular complexity index is 869. The van der Waals surface area contributed by atoms with Gasteiger partial charge in [0.1, 0.15) is 6.29 Å². The van der Waals surface area contributed by atoms with Gasteiger partial charge in [0, 0.05) is 5.56 Å². The zero-order valence-electron chi connectivity index (χ0n) is 13.3. The van der Waals surface area contributed by atoms with Crippen molar-refractivity contribution in [1.82, 2.24) is 0 Å². The highest BCUT2D eigenvalue weighted by molar-refractivity contribution is 8.27. The van der Waals surface area contributed by atoms with Crippen molar-refractivity contribution in [3.8, 4) is 0 Å². The van der Waals surface area contributed by atoms with Gasteiger partial charge in [-0.2, -0.15) is 0 Å². The molecule has 0 aromatic heterocycles. The highest BCUT2D eigenvalue weighted by atomic mass is 32.2. The molecule has 1 aliphatic rings. The molecule has 1 saturated heterocycles. The number of hydrogen-bond donors (Lipinski definition) is 0. The molecule has 0 bridgehead atoms. The molecule has 3 nitrogen and oxygen atoms in total. The van der Waals surface area contributed by atoms with Crippen LogP contribution in [-0.4, -0.2) is 16.5 Å². The fourth-order valence-electron chi connectivity index (χ4n) is 2.46. The maximum atomic E-state index is 12.8. The first-order chi connectivity index (χ1) is 11.5. The molecule has 1 aliphatic heterocycles. The summed E-state index contributed by atoms with van der Waals surface area (Å²) in [6.07, 6.45) is 2.60. The van der Waals surface area contributed by atoms with Crippen LogP contribution in [0.3, 0.4) is 0 Å². The van der Waals surface area contributed by atoms with Crippen LogP contribution in [0.5, 0.6) is 0 Å². The normalized spacial score (nSPS) is 16.1. The molecule has 0 N–H and O–H groups in total. The van der Waals surface area contributed by atoms with E-state index >= 15 is 0 Å². The standard InChI is InChI=1S/C19H15NO2S2/c1-12-3-4-13(2)16(9-12)20-18(22)17(24-19(20)23)10-14-5-7-15(11-21)8-6-14/h3-11H,1-2H3/b17-10+.